The summed E-state index contributed by atoms with van der Waals surface area (Å²) < 4.78 is 6.84. The number of hydrogen-bond donors (Lipinski definition) is 1. The molecule has 5 heteroatoms. The van der Waals surface area contributed by atoms with Crippen LogP contribution in [0.3, 0.4) is 0 Å². The fourth-order valence-corrected chi connectivity index (χ4v) is 4.06. The highest BCUT2D eigenvalue weighted by Crippen LogP contribution is 2.26. The van der Waals surface area contributed by atoms with Gasteiger partial charge in [-0.25, -0.2) is 0 Å². The van der Waals surface area contributed by atoms with Crippen LogP contribution in [0, 0.1) is 0 Å². The lowest BCUT2D eigenvalue weighted by atomic mass is 10.1. The third-order valence-corrected chi connectivity index (χ3v) is 5.34. The highest BCUT2D eigenvalue weighted by atomic mass is 32.1. The quantitative estimate of drug-likeness (QED) is 0.586. The molecule has 4 nitrogen and oxygen atoms in total. The lowest BCUT2D eigenvalue weighted by molar-refractivity contribution is 0.0912. The Labute approximate surface area is 154 Å². The lowest BCUT2D eigenvalue weighted by Crippen LogP contribution is -2.34. The molecular weight excluding hydrogens is 346 g/mol. The molecule has 4 rings (SSSR count). The van der Waals surface area contributed by atoms with E-state index in [1.165, 1.54) is 21.7 Å². The summed E-state index contributed by atoms with van der Waals surface area (Å²) in [6.07, 6.45) is 0.716. The van der Waals surface area contributed by atoms with Crippen molar-refractivity contribution in [3.8, 4) is 0 Å². The fourth-order valence-electron chi connectivity index (χ4n) is 3.08. The predicted molar refractivity (Wildman–Crippen MR) is 105 cm³/mol. The minimum Gasteiger partial charge on any atom is -0.451 e. The largest absolute Gasteiger partial charge is 0.451 e. The molecule has 0 unspecified atom stereocenters. The first kappa shape index (κ1) is 16.5. The maximum atomic E-state index is 12.5. The zero-order chi connectivity index (χ0) is 18.1. The first-order valence-electron chi connectivity index (χ1n) is 8.40. The Balaban J connectivity index is 1.53. The van der Waals surface area contributed by atoms with Crippen molar-refractivity contribution in [2.75, 3.05) is 0 Å². The Morgan fingerprint density at radius 2 is 1.85 bits per heavy atom. The number of carbonyl (C=O) groups excluding carboxylic acids is 1. The van der Waals surface area contributed by atoms with Crippen LogP contribution < -0.4 is 10.7 Å². The van der Waals surface area contributed by atoms with Crippen LogP contribution in [0.5, 0.6) is 0 Å². The molecule has 0 spiro atoms. The number of carbonyl (C=O) groups is 1. The minimum atomic E-state index is -0.375. The Morgan fingerprint density at radius 3 is 2.69 bits per heavy atom. The first-order valence-corrected chi connectivity index (χ1v) is 9.28. The van der Waals surface area contributed by atoms with Crippen molar-refractivity contribution in [1.29, 1.82) is 0 Å². The van der Waals surface area contributed by atoms with Gasteiger partial charge in [0.05, 0.1) is 5.39 Å². The maximum Gasteiger partial charge on any atom is 0.287 e. The molecule has 0 bridgehead atoms. The van der Waals surface area contributed by atoms with Crippen LogP contribution >= 0.6 is 11.3 Å². The molecule has 4 aromatic rings. The Morgan fingerprint density at radius 1 is 1.12 bits per heavy atom. The van der Waals surface area contributed by atoms with E-state index in [4.69, 9.17) is 4.42 Å². The van der Waals surface area contributed by atoms with Gasteiger partial charge >= 0.3 is 0 Å². The summed E-state index contributed by atoms with van der Waals surface area (Å²) in [6.45, 7) is 1.95. The fraction of sp³-hybridized carbons (Fsp3) is 0.143. The van der Waals surface area contributed by atoms with Gasteiger partial charge in [-0.05, 0) is 47.9 Å². The van der Waals surface area contributed by atoms with Crippen molar-refractivity contribution in [2.24, 2.45) is 0 Å². The van der Waals surface area contributed by atoms with Crippen molar-refractivity contribution in [1.82, 2.24) is 5.32 Å². The van der Waals surface area contributed by atoms with Gasteiger partial charge in [0, 0.05) is 16.8 Å². The number of amides is 1. The number of nitrogens with one attached hydrogen (secondary N) is 1. The third kappa shape index (κ3) is 3.13. The smallest absolute Gasteiger partial charge is 0.287 e. The topological polar surface area (TPSA) is 59.3 Å². The zero-order valence-electron chi connectivity index (χ0n) is 14.2. The number of thiophene rings is 1. The van der Waals surface area contributed by atoms with Crippen LogP contribution in [0.4, 0.5) is 0 Å². The van der Waals surface area contributed by atoms with E-state index < -0.39 is 0 Å². The lowest BCUT2D eigenvalue weighted by Gasteiger charge is -2.13. The molecule has 2 aromatic carbocycles. The van der Waals surface area contributed by atoms with Crippen LogP contribution in [0.15, 0.2) is 69.2 Å². The standard InChI is InChI=1S/C21H17NO3S/c1-13(10-14-12-26-20-9-5-3-6-15(14)20)22-21(24)19-11-17(23)16-7-2-4-8-18(16)25-19/h2-9,11-13H,10H2,1H3,(H,22,24)/t13-/m0/s1. The number of para-hydroxylation sites is 1. The van der Waals surface area contributed by atoms with Crippen LogP contribution in [0.25, 0.3) is 21.1 Å². The van der Waals surface area contributed by atoms with Crippen molar-refractivity contribution in [3.05, 3.63) is 81.5 Å². The Hall–Kier alpha value is -2.92. The van der Waals surface area contributed by atoms with Gasteiger partial charge in [0.2, 0.25) is 0 Å². The van der Waals surface area contributed by atoms with Crippen LogP contribution in [0.2, 0.25) is 0 Å². The molecule has 1 amide bonds. The third-order valence-electron chi connectivity index (χ3n) is 4.32. The van der Waals surface area contributed by atoms with Gasteiger partial charge in [0.25, 0.3) is 5.91 Å². The maximum absolute atomic E-state index is 12.5. The van der Waals surface area contributed by atoms with Gasteiger partial charge in [-0.3, -0.25) is 9.59 Å². The molecule has 130 valence electrons. The second-order valence-corrected chi connectivity index (χ2v) is 7.22. The molecule has 0 aliphatic rings. The van der Waals surface area contributed by atoms with E-state index >= 15 is 0 Å². The number of hydrogen-bond acceptors (Lipinski definition) is 4. The number of fused-ring (bicyclic) bond motifs is 2. The average molecular weight is 363 g/mol. The molecule has 0 saturated carbocycles. The Bertz CT molecular complexity index is 1160. The second kappa shape index (κ2) is 6.77. The van der Waals surface area contributed by atoms with Crippen molar-refractivity contribution in [3.63, 3.8) is 0 Å². The van der Waals surface area contributed by atoms with E-state index in [9.17, 15) is 9.59 Å². The summed E-state index contributed by atoms with van der Waals surface area (Å²) in [5.41, 5.74) is 1.41. The molecule has 1 atom stereocenters. The first-order chi connectivity index (χ1) is 12.6. The predicted octanol–water partition coefficient (Wildman–Crippen LogP) is 4.37. The molecular formula is C21H17NO3S. The van der Waals surface area contributed by atoms with Gasteiger partial charge < -0.3 is 9.73 Å². The van der Waals surface area contributed by atoms with Crippen molar-refractivity contribution >= 4 is 38.3 Å². The zero-order valence-corrected chi connectivity index (χ0v) is 15.0. The summed E-state index contributed by atoms with van der Waals surface area (Å²) in [6, 6.07) is 16.3. The molecule has 0 fully saturated rings. The normalized spacial score (nSPS) is 12.3. The monoisotopic (exact) mass is 363 g/mol. The second-order valence-electron chi connectivity index (χ2n) is 6.31. The molecule has 0 aliphatic carbocycles. The number of benzene rings is 2. The average Bonchev–Trinajstić information content (AvgIpc) is 3.04. The van der Waals surface area contributed by atoms with E-state index in [1.54, 1.807) is 35.6 Å². The molecule has 2 aromatic heterocycles. The Kier molecular flexibility index (Phi) is 4.31. The SMILES string of the molecule is C[C@@H](Cc1csc2ccccc12)NC(=O)c1cc(=O)c2ccccc2o1. The highest BCUT2D eigenvalue weighted by Gasteiger charge is 2.16. The van der Waals surface area contributed by atoms with E-state index in [1.807, 2.05) is 19.1 Å². The van der Waals surface area contributed by atoms with Crippen LogP contribution in [-0.2, 0) is 6.42 Å². The van der Waals surface area contributed by atoms with Gasteiger partial charge in [0.1, 0.15) is 5.58 Å². The molecule has 1 N–H and O–H groups in total. The number of rotatable bonds is 4. The van der Waals surface area contributed by atoms with Crippen molar-refractivity contribution < 1.29 is 9.21 Å². The molecule has 2 heterocycles. The summed E-state index contributed by atoms with van der Waals surface area (Å²) in [7, 11) is 0. The van der Waals surface area contributed by atoms with Crippen LogP contribution in [0.1, 0.15) is 23.0 Å². The molecule has 0 radical (unpaired) electrons. The van der Waals surface area contributed by atoms with E-state index in [0.717, 1.165) is 0 Å². The summed E-state index contributed by atoms with van der Waals surface area (Å²) in [4.78, 5) is 24.7. The van der Waals surface area contributed by atoms with E-state index in [2.05, 4.69) is 22.8 Å². The molecule has 26 heavy (non-hydrogen) atoms. The van der Waals surface area contributed by atoms with Crippen molar-refractivity contribution in [2.45, 2.75) is 19.4 Å². The summed E-state index contributed by atoms with van der Waals surface area (Å²) in [5, 5.41) is 6.74. The van der Waals surface area contributed by atoms with Gasteiger partial charge in [-0.1, -0.05) is 30.3 Å². The van der Waals surface area contributed by atoms with Gasteiger partial charge in [0.15, 0.2) is 11.2 Å². The highest BCUT2D eigenvalue weighted by molar-refractivity contribution is 7.17. The summed E-state index contributed by atoms with van der Waals surface area (Å²) in [5.74, 6) is -0.337. The van der Waals surface area contributed by atoms with Gasteiger partial charge in [-0.2, -0.15) is 0 Å². The van der Waals surface area contributed by atoms with Gasteiger partial charge in [-0.15, -0.1) is 11.3 Å². The summed E-state index contributed by atoms with van der Waals surface area (Å²) >= 11 is 1.70. The van der Waals surface area contributed by atoms with E-state index in [-0.39, 0.29) is 23.1 Å². The van der Waals surface area contributed by atoms with Crippen LogP contribution in [-0.4, -0.2) is 11.9 Å². The molecule has 0 saturated heterocycles. The molecule has 0 aliphatic heterocycles. The van der Waals surface area contributed by atoms with E-state index in [0.29, 0.717) is 17.4 Å². The minimum absolute atomic E-state index is 0.0377.